The summed E-state index contributed by atoms with van der Waals surface area (Å²) in [6.07, 6.45) is 3.42. The van der Waals surface area contributed by atoms with E-state index in [0.717, 1.165) is 36.9 Å². The molecule has 1 heterocycles. The fraction of sp³-hybridized carbons (Fsp3) is 0.389. The second-order valence-corrected chi connectivity index (χ2v) is 5.72. The maximum atomic E-state index is 12.1. The summed E-state index contributed by atoms with van der Waals surface area (Å²) in [4.78, 5) is 12.1. The van der Waals surface area contributed by atoms with E-state index in [4.69, 9.17) is 0 Å². The predicted octanol–water partition coefficient (Wildman–Crippen LogP) is 2.63. The molecule has 2 aromatic rings. The zero-order chi connectivity index (χ0) is 14.8. The lowest BCUT2D eigenvalue weighted by molar-refractivity contribution is 0.154. The SMILES string of the molecule is CCc1ccc(C(O)Cn2c3c(ccc2=O)CCC3)cc1. The van der Waals surface area contributed by atoms with E-state index in [1.807, 2.05) is 30.3 Å². The third kappa shape index (κ3) is 2.79. The highest BCUT2D eigenvalue weighted by molar-refractivity contribution is 5.27. The average molecular weight is 283 g/mol. The number of fused-ring (bicyclic) bond motifs is 1. The number of nitrogens with zero attached hydrogens (tertiary/aromatic N) is 1. The third-order valence-corrected chi connectivity index (χ3v) is 4.38. The predicted molar refractivity (Wildman–Crippen MR) is 83.5 cm³/mol. The molecule has 0 radical (unpaired) electrons. The second kappa shape index (κ2) is 5.86. The van der Waals surface area contributed by atoms with Gasteiger partial charge < -0.3 is 9.67 Å². The van der Waals surface area contributed by atoms with Crippen molar-refractivity contribution in [3.05, 3.63) is 69.1 Å². The standard InChI is InChI=1S/C18H21NO2/c1-2-13-6-8-15(9-7-13)17(20)12-19-16-5-3-4-14(16)10-11-18(19)21/h6-11,17,20H,2-5,12H2,1H3. The maximum Gasteiger partial charge on any atom is 0.250 e. The van der Waals surface area contributed by atoms with Crippen LogP contribution in [0.25, 0.3) is 0 Å². The molecule has 1 aliphatic rings. The Morgan fingerprint density at radius 1 is 1.14 bits per heavy atom. The van der Waals surface area contributed by atoms with Crippen molar-refractivity contribution in [1.82, 2.24) is 4.57 Å². The van der Waals surface area contributed by atoms with Crippen LogP contribution in [0.5, 0.6) is 0 Å². The normalized spacial score (nSPS) is 15.0. The maximum absolute atomic E-state index is 12.1. The number of aryl methyl sites for hydroxylation is 2. The molecular weight excluding hydrogens is 262 g/mol. The quantitative estimate of drug-likeness (QED) is 0.937. The van der Waals surface area contributed by atoms with Crippen LogP contribution in [0.3, 0.4) is 0 Å². The molecule has 0 amide bonds. The number of hydrogen-bond donors (Lipinski definition) is 1. The molecule has 1 aromatic carbocycles. The molecule has 3 nitrogen and oxygen atoms in total. The summed E-state index contributed by atoms with van der Waals surface area (Å²) in [5.74, 6) is 0. The Morgan fingerprint density at radius 3 is 2.62 bits per heavy atom. The van der Waals surface area contributed by atoms with Gasteiger partial charge >= 0.3 is 0 Å². The van der Waals surface area contributed by atoms with E-state index in [0.29, 0.717) is 6.54 Å². The topological polar surface area (TPSA) is 42.2 Å². The minimum atomic E-state index is -0.638. The van der Waals surface area contributed by atoms with Gasteiger partial charge in [0.15, 0.2) is 0 Å². The van der Waals surface area contributed by atoms with Crippen LogP contribution in [0.4, 0.5) is 0 Å². The van der Waals surface area contributed by atoms with Crippen LogP contribution in [0, 0.1) is 0 Å². The Labute approximate surface area is 124 Å². The molecule has 0 saturated heterocycles. The molecule has 0 fully saturated rings. The molecule has 21 heavy (non-hydrogen) atoms. The zero-order valence-electron chi connectivity index (χ0n) is 12.4. The highest BCUT2D eigenvalue weighted by Crippen LogP contribution is 2.22. The lowest BCUT2D eigenvalue weighted by Gasteiger charge is -2.17. The van der Waals surface area contributed by atoms with Crippen LogP contribution in [0.1, 0.15) is 41.8 Å². The van der Waals surface area contributed by atoms with Crippen LogP contribution >= 0.6 is 0 Å². The van der Waals surface area contributed by atoms with Gasteiger partial charge in [-0.2, -0.15) is 0 Å². The average Bonchev–Trinajstić information content (AvgIpc) is 2.99. The molecule has 3 heteroatoms. The first kappa shape index (κ1) is 14.1. The summed E-state index contributed by atoms with van der Waals surface area (Å²) < 4.78 is 1.75. The number of aromatic nitrogens is 1. The molecule has 110 valence electrons. The highest BCUT2D eigenvalue weighted by Gasteiger charge is 2.18. The molecule has 1 aromatic heterocycles. The summed E-state index contributed by atoms with van der Waals surface area (Å²) in [6, 6.07) is 11.5. The summed E-state index contributed by atoms with van der Waals surface area (Å²) in [7, 11) is 0. The molecular formula is C18H21NO2. The lowest BCUT2D eigenvalue weighted by Crippen LogP contribution is -2.25. The van der Waals surface area contributed by atoms with Crippen molar-refractivity contribution in [1.29, 1.82) is 0 Å². The van der Waals surface area contributed by atoms with Gasteiger partial charge in [-0.1, -0.05) is 37.3 Å². The van der Waals surface area contributed by atoms with Crippen LogP contribution in [0.15, 0.2) is 41.2 Å². The second-order valence-electron chi connectivity index (χ2n) is 5.72. The summed E-state index contributed by atoms with van der Waals surface area (Å²) in [5.41, 5.74) is 4.47. The first-order valence-electron chi connectivity index (χ1n) is 7.67. The summed E-state index contributed by atoms with van der Waals surface area (Å²) in [5, 5.41) is 10.4. The van der Waals surface area contributed by atoms with E-state index in [1.54, 1.807) is 10.6 Å². The molecule has 1 aliphatic carbocycles. The van der Waals surface area contributed by atoms with Gasteiger partial charge in [-0.3, -0.25) is 4.79 Å². The zero-order valence-corrected chi connectivity index (χ0v) is 12.4. The van der Waals surface area contributed by atoms with Crippen molar-refractivity contribution in [2.24, 2.45) is 0 Å². The van der Waals surface area contributed by atoms with Gasteiger partial charge in [0, 0.05) is 11.8 Å². The van der Waals surface area contributed by atoms with Gasteiger partial charge in [-0.05, 0) is 42.4 Å². The van der Waals surface area contributed by atoms with Gasteiger partial charge in [0.2, 0.25) is 0 Å². The van der Waals surface area contributed by atoms with Crippen LogP contribution < -0.4 is 5.56 Å². The lowest BCUT2D eigenvalue weighted by atomic mass is 10.1. The van der Waals surface area contributed by atoms with Crippen molar-refractivity contribution in [3.8, 4) is 0 Å². The van der Waals surface area contributed by atoms with Crippen LogP contribution in [0.2, 0.25) is 0 Å². The fourth-order valence-corrected chi connectivity index (χ4v) is 3.09. The summed E-state index contributed by atoms with van der Waals surface area (Å²) >= 11 is 0. The smallest absolute Gasteiger partial charge is 0.250 e. The molecule has 0 saturated carbocycles. The number of aliphatic hydroxyl groups excluding tert-OH is 1. The van der Waals surface area contributed by atoms with E-state index in [1.165, 1.54) is 11.1 Å². The third-order valence-electron chi connectivity index (χ3n) is 4.38. The van der Waals surface area contributed by atoms with Crippen molar-refractivity contribution in [2.45, 2.75) is 45.3 Å². The Morgan fingerprint density at radius 2 is 1.90 bits per heavy atom. The van der Waals surface area contributed by atoms with E-state index < -0.39 is 6.10 Å². The van der Waals surface area contributed by atoms with Gasteiger partial charge in [-0.25, -0.2) is 0 Å². The van der Waals surface area contributed by atoms with E-state index >= 15 is 0 Å². The van der Waals surface area contributed by atoms with Crippen molar-refractivity contribution >= 4 is 0 Å². The van der Waals surface area contributed by atoms with E-state index in [-0.39, 0.29) is 5.56 Å². The van der Waals surface area contributed by atoms with Gasteiger partial charge in [0.05, 0.1) is 12.6 Å². The number of rotatable bonds is 4. The largest absolute Gasteiger partial charge is 0.387 e. The molecule has 0 spiro atoms. The number of hydrogen-bond acceptors (Lipinski definition) is 2. The number of benzene rings is 1. The van der Waals surface area contributed by atoms with Crippen LogP contribution in [-0.2, 0) is 25.8 Å². The van der Waals surface area contributed by atoms with Crippen LogP contribution in [-0.4, -0.2) is 9.67 Å². The first-order valence-corrected chi connectivity index (χ1v) is 7.67. The molecule has 1 unspecified atom stereocenters. The Bertz CT molecular complexity index is 685. The molecule has 0 bridgehead atoms. The molecule has 1 atom stereocenters. The number of pyridine rings is 1. The van der Waals surface area contributed by atoms with Crippen molar-refractivity contribution in [2.75, 3.05) is 0 Å². The van der Waals surface area contributed by atoms with Crippen molar-refractivity contribution < 1.29 is 5.11 Å². The molecule has 0 aliphatic heterocycles. The molecule has 3 rings (SSSR count). The fourth-order valence-electron chi connectivity index (χ4n) is 3.09. The first-order chi connectivity index (χ1) is 10.2. The Hall–Kier alpha value is -1.87. The van der Waals surface area contributed by atoms with Gasteiger partial charge in [0.25, 0.3) is 5.56 Å². The highest BCUT2D eigenvalue weighted by atomic mass is 16.3. The minimum Gasteiger partial charge on any atom is -0.387 e. The van der Waals surface area contributed by atoms with E-state index in [2.05, 4.69) is 6.92 Å². The number of aliphatic hydroxyl groups is 1. The molecule has 1 N–H and O–H groups in total. The summed E-state index contributed by atoms with van der Waals surface area (Å²) in [6.45, 7) is 2.45. The van der Waals surface area contributed by atoms with E-state index in [9.17, 15) is 9.90 Å². The monoisotopic (exact) mass is 283 g/mol. The van der Waals surface area contributed by atoms with Gasteiger partial charge in [-0.15, -0.1) is 0 Å². The Balaban J connectivity index is 1.86. The Kier molecular flexibility index (Phi) is 3.93. The van der Waals surface area contributed by atoms with Gasteiger partial charge in [0.1, 0.15) is 0 Å². The van der Waals surface area contributed by atoms with Crippen molar-refractivity contribution in [3.63, 3.8) is 0 Å². The minimum absolute atomic E-state index is 0.0140.